The van der Waals surface area contributed by atoms with Crippen molar-refractivity contribution < 1.29 is 8.42 Å². The Morgan fingerprint density at radius 3 is 2.30 bits per heavy atom. The molecule has 0 aliphatic heterocycles. The lowest BCUT2D eigenvalue weighted by atomic mass is 10.1. The molecule has 0 unspecified atom stereocenters. The van der Waals surface area contributed by atoms with E-state index in [2.05, 4.69) is 4.72 Å². The fourth-order valence-electron chi connectivity index (χ4n) is 2.15. The average Bonchev–Trinajstić information content (AvgIpc) is 2.25. The highest BCUT2D eigenvalue weighted by molar-refractivity contribution is 7.91. The highest BCUT2D eigenvalue weighted by Gasteiger charge is 2.12. The Morgan fingerprint density at radius 2 is 1.70 bits per heavy atom. The van der Waals surface area contributed by atoms with E-state index in [1.807, 2.05) is 32.0 Å². The fraction of sp³-hybridized carbons (Fsp3) is 0.200. The molecular formula is C15H18N2O2S. The molecule has 2 aromatic carbocycles. The first-order valence-electron chi connectivity index (χ1n) is 6.27. The molecule has 0 aliphatic carbocycles. The van der Waals surface area contributed by atoms with Crippen molar-refractivity contribution in [3.05, 3.63) is 59.2 Å². The van der Waals surface area contributed by atoms with Crippen LogP contribution in [0, 0.1) is 13.8 Å². The van der Waals surface area contributed by atoms with Crippen LogP contribution in [0.1, 0.15) is 16.7 Å². The number of sulfonamides is 1. The van der Waals surface area contributed by atoms with Gasteiger partial charge in [0.25, 0.3) is 0 Å². The summed E-state index contributed by atoms with van der Waals surface area (Å²) in [6.07, 6.45) is 0. The molecule has 5 heteroatoms. The molecule has 0 bridgehead atoms. The number of rotatable bonds is 4. The number of nitrogen functional groups attached to an aromatic ring is 1. The van der Waals surface area contributed by atoms with Crippen LogP contribution in [0.5, 0.6) is 0 Å². The summed E-state index contributed by atoms with van der Waals surface area (Å²) in [5.41, 5.74) is 9.51. The van der Waals surface area contributed by atoms with Gasteiger partial charge in [0.15, 0.2) is 0 Å². The lowest BCUT2D eigenvalue weighted by Gasteiger charge is -2.10. The molecule has 0 radical (unpaired) electrons. The first kappa shape index (κ1) is 14.4. The van der Waals surface area contributed by atoms with Crippen LogP contribution in [-0.2, 0) is 15.8 Å². The van der Waals surface area contributed by atoms with Crippen molar-refractivity contribution in [1.82, 2.24) is 0 Å². The van der Waals surface area contributed by atoms with Gasteiger partial charge in [-0.15, -0.1) is 0 Å². The van der Waals surface area contributed by atoms with Crippen molar-refractivity contribution in [1.29, 1.82) is 0 Å². The van der Waals surface area contributed by atoms with Crippen LogP contribution in [0.3, 0.4) is 0 Å². The number of nitrogens with one attached hydrogen (secondary N) is 1. The quantitative estimate of drug-likeness (QED) is 0.850. The van der Waals surface area contributed by atoms with E-state index in [-0.39, 0.29) is 5.75 Å². The summed E-state index contributed by atoms with van der Waals surface area (Å²) in [6, 6.07) is 12.5. The van der Waals surface area contributed by atoms with Crippen LogP contribution in [0.25, 0.3) is 0 Å². The van der Waals surface area contributed by atoms with Crippen molar-refractivity contribution in [3.8, 4) is 0 Å². The maximum atomic E-state index is 12.2. The summed E-state index contributed by atoms with van der Waals surface area (Å²) in [7, 11) is -3.44. The predicted molar refractivity (Wildman–Crippen MR) is 83.0 cm³/mol. The number of nitrogens with two attached hydrogens (primary N) is 1. The van der Waals surface area contributed by atoms with Crippen molar-refractivity contribution in [2.75, 3.05) is 10.5 Å². The van der Waals surface area contributed by atoms with E-state index in [1.165, 1.54) is 0 Å². The molecule has 2 rings (SSSR count). The summed E-state index contributed by atoms with van der Waals surface area (Å²) in [6.45, 7) is 3.87. The van der Waals surface area contributed by atoms with Crippen molar-refractivity contribution in [3.63, 3.8) is 0 Å². The van der Waals surface area contributed by atoms with Crippen molar-refractivity contribution in [2.24, 2.45) is 0 Å². The lowest BCUT2D eigenvalue weighted by molar-refractivity contribution is 0.600. The summed E-state index contributed by atoms with van der Waals surface area (Å²) >= 11 is 0. The molecule has 3 N–H and O–H groups in total. The highest BCUT2D eigenvalue weighted by atomic mass is 32.2. The number of anilines is 2. The van der Waals surface area contributed by atoms with Gasteiger partial charge < -0.3 is 5.73 Å². The van der Waals surface area contributed by atoms with Crippen LogP contribution in [0.15, 0.2) is 42.5 Å². The minimum atomic E-state index is -3.44. The topological polar surface area (TPSA) is 72.2 Å². The number of aryl methyl sites for hydroxylation is 2. The number of hydrogen-bond acceptors (Lipinski definition) is 3. The molecule has 0 saturated carbocycles. The van der Waals surface area contributed by atoms with Gasteiger partial charge in [-0.3, -0.25) is 4.72 Å². The Kier molecular flexibility index (Phi) is 3.99. The zero-order valence-corrected chi connectivity index (χ0v) is 12.4. The molecule has 0 spiro atoms. The normalized spacial score (nSPS) is 11.3. The van der Waals surface area contributed by atoms with Crippen molar-refractivity contribution >= 4 is 21.4 Å². The van der Waals surface area contributed by atoms with Gasteiger partial charge in [-0.2, -0.15) is 0 Å². The van der Waals surface area contributed by atoms with Gasteiger partial charge in [0, 0.05) is 11.4 Å². The van der Waals surface area contributed by atoms with Gasteiger partial charge in [-0.1, -0.05) is 18.2 Å². The molecular weight excluding hydrogens is 272 g/mol. The second-order valence-corrected chi connectivity index (χ2v) is 6.70. The van der Waals surface area contributed by atoms with Gasteiger partial charge in [-0.05, 0) is 54.8 Å². The second kappa shape index (κ2) is 5.54. The smallest absolute Gasteiger partial charge is 0.236 e. The van der Waals surface area contributed by atoms with Gasteiger partial charge in [0.05, 0.1) is 5.75 Å². The van der Waals surface area contributed by atoms with Crippen LogP contribution in [0.2, 0.25) is 0 Å². The largest absolute Gasteiger partial charge is 0.399 e. The fourth-order valence-corrected chi connectivity index (χ4v) is 3.32. The third-order valence-electron chi connectivity index (χ3n) is 2.80. The third kappa shape index (κ3) is 3.99. The van der Waals surface area contributed by atoms with Crippen LogP contribution in [-0.4, -0.2) is 8.42 Å². The van der Waals surface area contributed by atoms with Gasteiger partial charge in [0.1, 0.15) is 0 Å². The highest BCUT2D eigenvalue weighted by Crippen LogP contribution is 2.17. The summed E-state index contributed by atoms with van der Waals surface area (Å²) in [4.78, 5) is 0. The first-order chi connectivity index (χ1) is 9.34. The van der Waals surface area contributed by atoms with E-state index in [9.17, 15) is 8.42 Å². The predicted octanol–water partition coefficient (Wildman–Crippen LogP) is 2.83. The molecule has 106 valence electrons. The molecule has 0 atom stereocenters. The lowest BCUT2D eigenvalue weighted by Crippen LogP contribution is -2.15. The third-order valence-corrected chi connectivity index (χ3v) is 4.06. The molecule has 0 aromatic heterocycles. The molecule has 4 nitrogen and oxygen atoms in total. The zero-order chi connectivity index (χ0) is 14.8. The van der Waals surface area contributed by atoms with E-state index in [4.69, 9.17) is 5.73 Å². The molecule has 0 heterocycles. The summed E-state index contributed by atoms with van der Waals surface area (Å²) < 4.78 is 26.9. The first-order valence-corrected chi connectivity index (χ1v) is 7.92. The van der Waals surface area contributed by atoms with E-state index in [0.717, 1.165) is 11.1 Å². The number of benzene rings is 2. The Hall–Kier alpha value is -2.01. The van der Waals surface area contributed by atoms with Gasteiger partial charge in [-0.25, -0.2) is 8.42 Å². The monoisotopic (exact) mass is 290 g/mol. The van der Waals surface area contributed by atoms with Crippen LogP contribution < -0.4 is 10.5 Å². The Labute approximate surface area is 119 Å². The van der Waals surface area contributed by atoms with Crippen LogP contribution >= 0.6 is 0 Å². The maximum absolute atomic E-state index is 12.2. The van der Waals surface area contributed by atoms with Gasteiger partial charge in [0.2, 0.25) is 10.0 Å². The number of hydrogen-bond donors (Lipinski definition) is 2. The Morgan fingerprint density at radius 1 is 1.05 bits per heavy atom. The Balaban J connectivity index is 2.19. The summed E-state index contributed by atoms with van der Waals surface area (Å²) in [5.74, 6) is -0.0922. The van der Waals surface area contributed by atoms with Crippen molar-refractivity contribution in [2.45, 2.75) is 19.6 Å². The second-order valence-electron chi connectivity index (χ2n) is 4.98. The minimum absolute atomic E-state index is 0.0922. The van der Waals surface area contributed by atoms with E-state index < -0.39 is 10.0 Å². The Bertz CT molecular complexity index is 704. The standard InChI is InChI=1S/C15H18N2O2S/c1-11-6-12(2)8-15(7-11)17-20(18,19)10-13-4-3-5-14(16)9-13/h3-9,17H,10,16H2,1-2H3. The minimum Gasteiger partial charge on any atom is -0.399 e. The van der Waals surface area contributed by atoms with E-state index in [0.29, 0.717) is 16.9 Å². The molecule has 20 heavy (non-hydrogen) atoms. The molecule has 0 fully saturated rings. The summed E-state index contributed by atoms with van der Waals surface area (Å²) in [5, 5.41) is 0. The maximum Gasteiger partial charge on any atom is 0.236 e. The zero-order valence-electron chi connectivity index (χ0n) is 11.6. The molecule has 0 aliphatic rings. The SMILES string of the molecule is Cc1cc(C)cc(NS(=O)(=O)Cc2cccc(N)c2)c1. The van der Waals surface area contributed by atoms with E-state index >= 15 is 0 Å². The average molecular weight is 290 g/mol. The molecule has 0 amide bonds. The molecule has 2 aromatic rings. The van der Waals surface area contributed by atoms with Gasteiger partial charge >= 0.3 is 0 Å². The van der Waals surface area contributed by atoms with Crippen LogP contribution in [0.4, 0.5) is 11.4 Å². The van der Waals surface area contributed by atoms with E-state index in [1.54, 1.807) is 24.3 Å². The molecule has 0 saturated heterocycles.